The van der Waals surface area contributed by atoms with Crippen LogP contribution in [0.3, 0.4) is 0 Å². The third-order valence-corrected chi connectivity index (χ3v) is 5.30. The minimum Gasteiger partial charge on any atom is -0.435 e. The van der Waals surface area contributed by atoms with Crippen molar-refractivity contribution in [1.29, 1.82) is 0 Å². The Morgan fingerprint density at radius 3 is 2.70 bits per heavy atom. The number of piperidine rings is 1. The molecule has 1 aliphatic carbocycles. The van der Waals surface area contributed by atoms with Crippen LogP contribution in [0.5, 0.6) is 5.75 Å². The molecule has 1 amide bonds. The third-order valence-electron chi connectivity index (χ3n) is 5.30. The lowest BCUT2D eigenvalue weighted by Crippen LogP contribution is -2.39. The highest BCUT2D eigenvalue weighted by Crippen LogP contribution is 2.33. The van der Waals surface area contributed by atoms with Gasteiger partial charge in [0, 0.05) is 43.5 Å². The van der Waals surface area contributed by atoms with Crippen LogP contribution in [0.25, 0.3) is 0 Å². The standard InChI is InChI=1S/C20H23F2N3O2/c21-20(22)27-17-7-5-15(6-8-17)19(26)25-10-1-2-16(13-25)18-23-9-11-24(18)12-14-3-4-14/h5-9,11,14,16,20H,1-4,10,12-13H2/t16-/m0/s1. The molecule has 0 radical (unpaired) electrons. The second-order valence-electron chi connectivity index (χ2n) is 7.37. The molecule has 2 aliphatic rings. The molecule has 1 aliphatic heterocycles. The van der Waals surface area contributed by atoms with E-state index < -0.39 is 6.61 Å². The zero-order valence-corrected chi connectivity index (χ0v) is 15.1. The predicted molar refractivity (Wildman–Crippen MR) is 95.9 cm³/mol. The number of carbonyl (C=O) groups is 1. The Labute approximate surface area is 156 Å². The van der Waals surface area contributed by atoms with Crippen molar-refractivity contribution in [1.82, 2.24) is 14.5 Å². The fourth-order valence-corrected chi connectivity index (χ4v) is 3.75. The van der Waals surface area contributed by atoms with Gasteiger partial charge in [-0.1, -0.05) is 0 Å². The molecule has 1 saturated carbocycles. The first kappa shape index (κ1) is 17.9. The van der Waals surface area contributed by atoms with Crippen LogP contribution >= 0.6 is 0 Å². The van der Waals surface area contributed by atoms with E-state index in [1.54, 1.807) is 0 Å². The third kappa shape index (κ3) is 4.28. The molecule has 4 rings (SSSR count). The van der Waals surface area contributed by atoms with E-state index >= 15 is 0 Å². The van der Waals surface area contributed by atoms with E-state index in [4.69, 9.17) is 0 Å². The van der Waals surface area contributed by atoms with E-state index in [2.05, 4.69) is 14.3 Å². The number of carbonyl (C=O) groups excluding carboxylic acids is 1. The van der Waals surface area contributed by atoms with Crippen LogP contribution in [0.1, 0.15) is 47.8 Å². The molecular formula is C20H23F2N3O2. The number of benzene rings is 1. The number of aromatic nitrogens is 2. The zero-order chi connectivity index (χ0) is 18.8. The van der Waals surface area contributed by atoms with E-state index in [0.29, 0.717) is 18.7 Å². The lowest BCUT2D eigenvalue weighted by Gasteiger charge is -2.33. The van der Waals surface area contributed by atoms with Gasteiger partial charge in [-0.3, -0.25) is 4.79 Å². The van der Waals surface area contributed by atoms with Gasteiger partial charge in [0.25, 0.3) is 5.91 Å². The molecule has 2 aromatic rings. The number of hydrogen-bond acceptors (Lipinski definition) is 3. The summed E-state index contributed by atoms with van der Waals surface area (Å²) in [6, 6.07) is 5.89. The molecule has 2 fully saturated rings. The molecule has 0 spiro atoms. The van der Waals surface area contributed by atoms with Gasteiger partial charge in [-0.15, -0.1) is 0 Å². The minimum atomic E-state index is -2.87. The fourth-order valence-electron chi connectivity index (χ4n) is 3.75. The Kier molecular flexibility index (Phi) is 5.09. The summed E-state index contributed by atoms with van der Waals surface area (Å²) < 4.78 is 31.1. The van der Waals surface area contributed by atoms with Crippen LogP contribution in [0.2, 0.25) is 0 Å². The highest BCUT2D eigenvalue weighted by molar-refractivity contribution is 5.94. The van der Waals surface area contributed by atoms with Gasteiger partial charge >= 0.3 is 6.61 Å². The SMILES string of the molecule is O=C(c1ccc(OC(F)F)cc1)N1CCC[C@H](c2nccn2CC2CC2)C1. The van der Waals surface area contributed by atoms with Gasteiger partial charge < -0.3 is 14.2 Å². The average molecular weight is 375 g/mol. The number of ether oxygens (including phenoxy) is 1. The number of rotatable bonds is 6. The van der Waals surface area contributed by atoms with Crippen molar-refractivity contribution in [2.75, 3.05) is 13.1 Å². The highest BCUT2D eigenvalue weighted by Gasteiger charge is 2.29. The molecule has 144 valence electrons. The summed E-state index contributed by atoms with van der Waals surface area (Å²) in [5, 5.41) is 0. The average Bonchev–Trinajstić information content (AvgIpc) is 3.36. The van der Waals surface area contributed by atoms with Crippen molar-refractivity contribution < 1.29 is 18.3 Å². The highest BCUT2D eigenvalue weighted by atomic mass is 19.3. The number of amides is 1. The first-order valence-electron chi connectivity index (χ1n) is 9.45. The maximum atomic E-state index is 12.8. The summed E-state index contributed by atoms with van der Waals surface area (Å²) in [6.45, 7) is -0.511. The van der Waals surface area contributed by atoms with E-state index in [1.165, 1.54) is 37.1 Å². The van der Waals surface area contributed by atoms with Crippen molar-refractivity contribution in [2.45, 2.75) is 44.8 Å². The first-order valence-corrected chi connectivity index (χ1v) is 9.45. The summed E-state index contributed by atoms with van der Waals surface area (Å²) in [4.78, 5) is 19.2. The van der Waals surface area contributed by atoms with Crippen molar-refractivity contribution in [3.8, 4) is 5.75 Å². The summed E-state index contributed by atoms with van der Waals surface area (Å²) >= 11 is 0. The van der Waals surface area contributed by atoms with Gasteiger partial charge in [0.15, 0.2) is 0 Å². The van der Waals surface area contributed by atoms with E-state index in [1.807, 2.05) is 17.3 Å². The van der Waals surface area contributed by atoms with Crippen LogP contribution in [-0.4, -0.2) is 40.1 Å². The lowest BCUT2D eigenvalue weighted by molar-refractivity contribution is -0.0498. The molecule has 0 unspecified atom stereocenters. The van der Waals surface area contributed by atoms with Crippen LogP contribution in [-0.2, 0) is 6.54 Å². The Bertz CT molecular complexity index is 787. The number of alkyl halides is 2. The number of halogens is 2. The molecule has 0 N–H and O–H groups in total. The van der Waals surface area contributed by atoms with Gasteiger partial charge in [-0.05, 0) is 55.9 Å². The molecule has 5 nitrogen and oxygen atoms in total. The largest absolute Gasteiger partial charge is 0.435 e. The molecule has 27 heavy (non-hydrogen) atoms. The second kappa shape index (κ2) is 7.66. The van der Waals surface area contributed by atoms with Crippen molar-refractivity contribution in [3.05, 3.63) is 48.0 Å². The maximum Gasteiger partial charge on any atom is 0.387 e. The Balaban J connectivity index is 1.43. The van der Waals surface area contributed by atoms with Crippen LogP contribution in [0, 0.1) is 5.92 Å². The molecule has 7 heteroatoms. The maximum absolute atomic E-state index is 12.8. The number of imidazole rings is 1. The van der Waals surface area contributed by atoms with E-state index in [9.17, 15) is 13.6 Å². The van der Waals surface area contributed by atoms with Crippen molar-refractivity contribution >= 4 is 5.91 Å². The van der Waals surface area contributed by atoms with E-state index in [-0.39, 0.29) is 17.6 Å². The normalized spacial score (nSPS) is 20.1. The van der Waals surface area contributed by atoms with Crippen molar-refractivity contribution in [3.63, 3.8) is 0 Å². The summed E-state index contributed by atoms with van der Waals surface area (Å²) in [6.07, 6.45) is 8.42. The number of nitrogens with zero attached hydrogens (tertiary/aromatic N) is 3. The lowest BCUT2D eigenvalue weighted by atomic mass is 9.96. The van der Waals surface area contributed by atoms with Gasteiger partial charge in [0.05, 0.1) is 0 Å². The second-order valence-corrected chi connectivity index (χ2v) is 7.37. The fraction of sp³-hybridized carbons (Fsp3) is 0.500. The Morgan fingerprint density at radius 2 is 2.00 bits per heavy atom. The van der Waals surface area contributed by atoms with Crippen LogP contribution in [0.15, 0.2) is 36.7 Å². The number of likely N-dealkylation sites (tertiary alicyclic amines) is 1. The Hall–Kier alpha value is -2.44. The molecule has 1 aromatic carbocycles. The van der Waals surface area contributed by atoms with Gasteiger partial charge in [-0.2, -0.15) is 8.78 Å². The van der Waals surface area contributed by atoms with Crippen LogP contribution in [0.4, 0.5) is 8.78 Å². The quantitative estimate of drug-likeness (QED) is 0.769. The summed E-state index contributed by atoms with van der Waals surface area (Å²) in [5.74, 6) is 2.05. The van der Waals surface area contributed by atoms with Crippen molar-refractivity contribution in [2.24, 2.45) is 5.92 Å². The number of hydrogen-bond donors (Lipinski definition) is 0. The Morgan fingerprint density at radius 1 is 1.22 bits per heavy atom. The molecular weight excluding hydrogens is 352 g/mol. The summed E-state index contributed by atoms with van der Waals surface area (Å²) in [7, 11) is 0. The molecule has 1 atom stereocenters. The smallest absolute Gasteiger partial charge is 0.387 e. The minimum absolute atomic E-state index is 0.0557. The van der Waals surface area contributed by atoms with E-state index in [0.717, 1.165) is 31.1 Å². The zero-order valence-electron chi connectivity index (χ0n) is 15.1. The topological polar surface area (TPSA) is 47.4 Å². The monoisotopic (exact) mass is 375 g/mol. The van der Waals surface area contributed by atoms with Crippen LogP contribution < -0.4 is 4.74 Å². The molecule has 1 aromatic heterocycles. The van der Waals surface area contributed by atoms with Gasteiger partial charge in [-0.25, -0.2) is 4.98 Å². The van der Waals surface area contributed by atoms with Gasteiger partial charge in [0.2, 0.25) is 0 Å². The molecule has 1 saturated heterocycles. The first-order chi connectivity index (χ1) is 13.1. The van der Waals surface area contributed by atoms with Gasteiger partial charge in [0.1, 0.15) is 11.6 Å². The summed E-state index contributed by atoms with van der Waals surface area (Å²) in [5.41, 5.74) is 0.485. The molecule has 0 bridgehead atoms. The predicted octanol–water partition coefficient (Wildman–Crippen LogP) is 3.91. The molecule has 2 heterocycles.